The molecule has 4 rings (SSSR count). The lowest BCUT2D eigenvalue weighted by molar-refractivity contribution is -0.125. The second kappa shape index (κ2) is 14.2. The van der Waals surface area contributed by atoms with Gasteiger partial charge in [0, 0.05) is 38.6 Å². The van der Waals surface area contributed by atoms with E-state index < -0.39 is 12.5 Å². The van der Waals surface area contributed by atoms with Crippen molar-refractivity contribution in [3.63, 3.8) is 0 Å². The molecule has 12 heteroatoms. The van der Waals surface area contributed by atoms with Gasteiger partial charge in [-0.15, -0.1) is 5.10 Å². The molecule has 0 spiro atoms. The Morgan fingerprint density at radius 1 is 0.821 bits per heavy atom. The van der Waals surface area contributed by atoms with Crippen molar-refractivity contribution in [1.29, 1.82) is 0 Å². The third-order valence-corrected chi connectivity index (χ3v) is 5.74. The van der Waals surface area contributed by atoms with Crippen LogP contribution in [0.5, 0.6) is 0 Å². The van der Waals surface area contributed by atoms with Gasteiger partial charge in [0.1, 0.15) is 0 Å². The third-order valence-electron chi connectivity index (χ3n) is 5.74. The highest BCUT2D eigenvalue weighted by atomic mass is 16.3. The van der Waals surface area contributed by atoms with Gasteiger partial charge in [0.2, 0.25) is 11.8 Å². The molecule has 0 atom stereocenters. The van der Waals surface area contributed by atoms with Gasteiger partial charge in [-0.25, -0.2) is 4.68 Å². The molecule has 0 aliphatic rings. The molecule has 0 saturated heterocycles. The molecule has 0 unspecified atom stereocenters. The molecule has 4 aromatic rings. The lowest BCUT2D eigenvalue weighted by Crippen LogP contribution is -2.38. The number of nitroso groups, excluding NO2 is 1. The zero-order valence-corrected chi connectivity index (χ0v) is 21.3. The molecule has 0 aliphatic heterocycles. The van der Waals surface area contributed by atoms with E-state index in [1.165, 1.54) is 0 Å². The van der Waals surface area contributed by atoms with Gasteiger partial charge in [0.05, 0.1) is 35.5 Å². The van der Waals surface area contributed by atoms with Crippen LogP contribution in [0.15, 0.2) is 84.4 Å². The lowest BCUT2D eigenvalue weighted by atomic mass is 10.1. The van der Waals surface area contributed by atoms with Gasteiger partial charge in [-0.1, -0.05) is 34.7 Å². The molecule has 0 saturated carbocycles. The summed E-state index contributed by atoms with van der Waals surface area (Å²) in [6.45, 7) is 1.60. The molecular formula is C27H29N9O3. The summed E-state index contributed by atoms with van der Waals surface area (Å²) in [6.07, 6.45) is 6.11. The number of hydrogen-bond acceptors (Lipinski definition) is 9. The fourth-order valence-electron chi connectivity index (χ4n) is 3.85. The summed E-state index contributed by atoms with van der Waals surface area (Å²) in [5.74, 6) is -0.915. The average molecular weight is 528 g/mol. The normalized spacial score (nSPS) is 10.8. The Balaban J connectivity index is 1.31. The van der Waals surface area contributed by atoms with Gasteiger partial charge < -0.3 is 10.6 Å². The van der Waals surface area contributed by atoms with Crippen LogP contribution in [-0.4, -0.2) is 61.3 Å². The number of hydrogen-bond donors (Lipinski definition) is 2. The smallest absolute Gasteiger partial charge is 0.245 e. The first-order valence-electron chi connectivity index (χ1n) is 12.4. The van der Waals surface area contributed by atoms with E-state index in [2.05, 4.69) is 41.0 Å². The van der Waals surface area contributed by atoms with Crippen molar-refractivity contribution in [2.45, 2.75) is 26.1 Å². The van der Waals surface area contributed by atoms with Gasteiger partial charge in [-0.05, 0) is 48.4 Å². The Hall–Kier alpha value is -4.84. The number of benzene rings is 1. The maximum Gasteiger partial charge on any atom is 0.245 e. The largest absolute Gasteiger partial charge is 0.354 e. The first-order chi connectivity index (χ1) is 19.1. The minimum Gasteiger partial charge on any atom is -0.354 e. The SMILES string of the molecule is O=NCC(=O)NCC(=O)NCCc1ccc(-n2cc(CN(Cc3ccccn3)Cc3ccccn3)nn2)cc1. The summed E-state index contributed by atoms with van der Waals surface area (Å²) in [4.78, 5) is 44.2. The van der Waals surface area contributed by atoms with Crippen molar-refractivity contribution < 1.29 is 9.59 Å². The standard InChI is InChI=1S/C27H29N9O3/c37-26(15-31-27(38)16-32-39)30-14-11-21-7-9-25(10-8-21)36-20-24(33-34-36)19-35(17-22-5-1-3-12-28-22)18-23-6-2-4-13-29-23/h1-10,12-13,20H,11,14-19H2,(H,30,37)(H,31,38). The molecule has 12 nitrogen and oxygen atoms in total. The predicted molar refractivity (Wildman–Crippen MR) is 143 cm³/mol. The van der Waals surface area contributed by atoms with Crippen molar-refractivity contribution in [2.75, 3.05) is 19.6 Å². The summed E-state index contributed by atoms with van der Waals surface area (Å²) < 4.78 is 1.73. The first kappa shape index (κ1) is 27.2. The highest BCUT2D eigenvalue weighted by Crippen LogP contribution is 2.13. The number of amides is 2. The van der Waals surface area contributed by atoms with Crippen molar-refractivity contribution in [3.8, 4) is 5.69 Å². The van der Waals surface area contributed by atoms with E-state index in [-0.39, 0.29) is 12.5 Å². The van der Waals surface area contributed by atoms with Crippen LogP contribution in [-0.2, 0) is 35.6 Å². The first-order valence-corrected chi connectivity index (χ1v) is 12.4. The average Bonchev–Trinajstić information content (AvgIpc) is 3.42. The number of nitrogens with zero attached hydrogens (tertiary/aromatic N) is 7. The van der Waals surface area contributed by atoms with Gasteiger partial charge in [-0.2, -0.15) is 4.91 Å². The van der Waals surface area contributed by atoms with Crippen LogP contribution >= 0.6 is 0 Å². The van der Waals surface area contributed by atoms with Crippen molar-refractivity contribution in [3.05, 3.63) is 107 Å². The second-order valence-electron chi connectivity index (χ2n) is 8.77. The molecule has 3 aromatic heterocycles. The highest BCUT2D eigenvalue weighted by molar-refractivity contribution is 5.85. The summed E-state index contributed by atoms with van der Waals surface area (Å²) in [6, 6.07) is 19.6. The zero-order chi connectivity index (χ0) is 27.3. The van der Waals surface area contributed by atoms with Crippen LogP contribution < -0.4 is 10.6 Å². The van der Waals surface area contributed by atoms with E-state index in [0.717, 1.165) is 28.3 Å². The van der Waals surface area contributed by atoms with E-state index in [1.54, 1.807) is 17.1 Å². The molecule has 39 heavy (non-hydrogen) atoms. The minimum atomic E-state index is -0.582. The van der Waals surface area contributed by atoms with Crippen LogP contribution in [0.3, 0.4) is 0 Å². The molecule has 1 aromatic carbocycles. The molecule has 2 amide bonds. The van der Waals surface area contributed by atoms with Crippen LogP contribution in [0.1, 0.15) is 22.6 Å². The van der Waals surface area contributed by atoms with Gasteiger partial charge in [0.15, 0.2) is 6.54 Å². The molecule has 200 valence electrons. The molecule has 0 radical (unpaired) electrons. The Bertz CT molecular complexity index is 1300. The van der Waals surface area contributed by atoms with E-state index in [9.17, 15) is 14.5 Å². The Morgan fingerprint density at radius 3 is 2.10 bits per heavy atom. The van der Waals surface area contributed by atoms with E-state index in [4.69, 9.17) is 0 Å². The number of pyridine rings is 2. The quantitative estimate of drug-likeness (QED) is 0.236. The Kier molecular flexibility index (Phi) is 9.90. The van der Waals surface area contributed by atoms with Crippen molar-refractivity contribution in [1.82, 2.24) is 40.5 Å². The summed E-state index contributed by atoms with van der Waals surface area (Å²) in [5.41, 5.74) is 4.66. The molecule has 0 aliphatic carbocycles. The van der Waals surface area contributed by atoms with Crippen LogP contribution in [0.4, 0.5) is 0 Å². The number of carbonyl (C=O) groups excluding carboxylic acids is 2. The summed E-state index contributed by atoms with van der Waals surface area (Å²) >= 11 is 0. The number of aromatic nitrogens is 5. The van der Waals surface area contributed by atoms with Crippen LogP contribution in [0, 0.1) is 4.91 Å². The number of rotatable bonds is 14. The number of carbonyl (C=O) groups is 2. The molecule has 0 bridgehead atoms. The molecule has 2 N–H and O–H groups in total. The van der Waals surface area contributed by atoms with Gasteiger partial charge >= 0.3 is 0 Å². The molecule has 0 fully saturated rings. The summed E-state index contributed by atoms with van der Waals surface area (Å²) in [5, 5.41) is 16.2. The van der Waals surface area contributed by atoms with Crippen molar-refractivity contribution >= 4 is 11.8 Å². The Labute approximate surface area is 225 Å². The summed E-state index contributed by atoms with van der Waals surface area (Å²) in [7, 11) is 0. The highest BCUT2D eigenvalue weighted by Gasteiger charge is 2.13. The van der Waals surface area contributed by atoms with Gasteiger partial charge in [0.25, 0.3) is 0 Å². The number of nitrogens with one attached hydrogen (secondary N) is 2. The zero-order valence-electron chi connectivity index (χ0n) is 21.3. The lowest BCUT2D eigenvalue weighted by Gasteiger charge is -2.20. The fraction of sp³-hybridized carbons (Fsp3) is 0.259. The Morgan fingerprint density at radius 2 is 1.49 bits per heavy atom. The van der Waals surface area contributed by atoms with Crippen LogP contribution in [0.2, 0.25) is 0 Å². The molecule has 3 heterocycles. The maximum atomic E-state index is 11.8. The van der Waals surface area contributed by atoms with Crippen LogP contribution in [0.25, 0.3) is 5.69 Å². The fourth-order valence-corrected chi connectivity index (χ4v) is 3.85. The monoisotopic (exact) mass is 527 g/mol. The predicted octanol–water partition coefficient (Wildman–Crippen LogP) is 1.80. The third kappa shape index (κ3) is 8.90. The van der Waals surface area contributed by atoms with Gasteiger partial charge in [-0.3, -0.25) is 24.5 Å². The second-order valence-corrected chi connectivity index (χ2v) is 8.77. The minimum absolute atomic E-state index is 0.191. The van der Waals surface area contributed by atoms with E-state index in [0.29, 0.717) is 32.6 Å². The maximum absolute atomic E-state index is 11.8. The molecular weight excluding hydrogens is 498 g/mol. The van der Waals surface area contributed by atoms with Crippen molar-refractivity contribution in [2.24, 2.45) is 5.18 Å². The van der Waals surface area contributed by atoms with E-state index >= 15 is 0 Å². The van der Waals surface area contributed by atoms with E-state index in [1.807, 2.05) is 66.9 Å². The topological polar surface area (TPSA) is 147 Å².